The first-order chi connectivity index (χ1) is 11.6. The van der Waals surface area contributed by atoms with E-state index < -0.39 is 17.9 Å². The molecule has 1 unspecified atom stereocenters. The fourth-order valence-corrected chi connectivity index (χ4v) is 1.96. The smallest absolute Gasteiger partial charge is 0.314 e. The Kier molecular flexibility index (Phi) is 6.47. The van der Waals surface area contributed by atoms with E-state index in [-0.39, 0.29) is 25.6 Å². The number of carbonyl (C=O) groups excluding carboxylic acids is 2. The molecule has 1 atom stereocenters. The van der Waals surface area contributed by atoms with E-state index in [1.165, 1.54) is 12.3 Å². The molecule has 0 aliphatic heterocycles. The maximum absolute atomic E-state index is 11.8. The standard InChI is InChI=1S/C16H19N3O5/c1-11-2-4-12(5-3-11)13(23-9-7-20)10-17-15(21)16(22)18-14-6-8-24-19-14/h2-6,8,13,20H,7,9-10H2,1H3,(H,17,21)(H,18,19,22). The van der Waals surface area contributed by atoms with Crippen LogP contribution in [0.2, 0.25) is 0 Å². The fraction of sp³-hybridized carbons (Fsp3) is 0.312. The molecule has 0 fully saturated rings. The number of hydrogen-bond donors (Lipinski definition) is 3. The van der Waals surface area contributed by atoms with Crippen LogP contribution in [0.3, 0.4) is 0 Å². The first kappa shape index (κ1) is 17.6. The Morgan fingerprint density at radius 1 is 1.25 bits per heavy atom. The molecule has 1 aromatic carbocycles. The van der Waals surface area contributed by atoms with Crippen molar-refractivity contribution in [3.05, 3.63) is 47.7 Å². The second-order valence-electron chi connectivity index (χ2n) is 5.04. The number of carbonyl (C=O) groups is 2. The Balaban J connectivity index is 1.92. The predicted octanol–water partition coefficient (Wildman–Crippen LogP) is 0.788. The highest BCUT2D eigenvalue weighted by Crippen LogP contribution is 2.17. The highest BCUT2D eigenvalue weighted by atomic mass is 16.5. The molecule has 1 heterocycles. The van der Waals surface area contributed by atoms with Gasteiger partial charge in [-0.05, 0) is 12.5 Å². The van der Waals surface area contributed by atoms with Crippen molar-refractivity contribution in [2.24, 2.45) is 0 Å². The maximum atomic E-state index is 11.8. The van der Waals surface area contributed by atoms with Gasteiger partial charge in [0.05, 0.1) is 19.3 Å². The number of nitrogens with zero attached hydrogens (tertiary/aromatic N) is 1. The minimum Gasteiger partial charge on any atom is -0.394 e. The molecule has 128 valence electrons. The third-order valence-electron chi connectivity index (χ3n) is 3.19. The van der Waals surface area contributed by atoms with Gasteiger partial charge in [0.15, 0.2) is 5.82 Å². The van der Waals surface area contributed by atoms with E-state index >= 15 is 0 Å². The van der Waals surface area contributed by atoms with Crippen LogP contribution >= 0.6 is 0 Å². The van der Waals surface area contributed by atoms with Crippen molar-refractivity contribution in [3.8, 4) is 0 Å². The minimum atomic E-state index is -0.853. The first-order valence-electron chi connectivity index (χ1n) is 7.38. The number of benzene rings is 1. The third-order valence-corrected chi connectivity index (χ3v) is 3.19. The lowest BCUT2D eigenvalue weighted by molar-refractivity contribution is -0.136. The summed E-state index contributed by atoms with van der Waals surface area (Å²) in [6.45, 7) is 2.04. The van der Waals surface area contributed by atoms with Gasteiger partial charge >= 0.3 is 11.8 Å². The van der Waals surface area contributed by atoms with Crippen LogP contribution in [0.1, 0.15) is 17.2 Å². The van der Waals surface area contributed by atoms with Crippen molar-refractivity contribution in [1.82, 2.24) is 10.5 Å². The summed E-state index contributed by atoms with van der Waals surface area (Å²) < 4.78 is 10.1. The van der Waals surface area contributed by atoms with E-state index in [1.54, 1.807) is 0 Å². The lowest BCUT2D eigenvalue weighted by Gasteiger charge is -2.18. The van der Waals surface area contributed by atoms with Gasteiger partial charge in [0.1, 0.15) is 6.26 Å². The van der Waals surface area contributed by atoms with Gasteiger partial charge in [0.2, 0.25) is 0 Å². The molecule has 0 spiro atoms. The number of aryl methyl sites for hydroxylation is 1. The van der Waals surface area contributed by atoms with Crippen molar-refractivity contribution in [3.63, 3.8) is 0 Å². The summed E-state index contributed by atoms with van der Waals surface area (Å²) >= 11 is 0. The Hall–Kier alpha value is -2.71. The molecule has 24 heavy (non-hydrogen) atoms. The lowest BCUT2D eigenvalue weighted by Crippen LogP contribution is -2.38. The van der Waals surface area contributed by atoms with Crippen LogP contribution in [0.4, 0.5) is 5.82 Å². The number of nitrogens with one attached hydrogen (secondary N) is 2. The lowest BCUT2D eigenvalue weighted by atomic mass is 10.1. The SMILES string of the molecule is Cc1ccc(C(CNC(=O)C(=O)Nc2ccon2)OCCO)cc1. The second kappa shape index (κ2) is 8.80. The average Bonchev–Trinajstić information content (AvgIpc) is 3.08. The van der Waals surface area contributed by atoms with Crippen LogP contribution in [-0.2, 0) is 14.3 Å². The van der Waals surface area contributed by atoms with Crippen molar-refractivity contribution in [2.75, 3.05) is 25.1 Å². The average molecular weight is 333 g/mol. The van der Waals surface area contributed by atoms with Gasteiger partial charge in [-0.1, -0.05) is 35.0 Å². The van der Waals surface area contributed by atoms with Crippen LogP contribution in [0.15, 0.2) is 41.1 Å². The van der Waals surface area contributed by atoms with Gasteiger partial charge in [-0.3, -0.25) is 14.9 Å². The van der Waals surface area contributed by atoms with E-state index in [0.717, 1.165) is 11.1 Å². The van der Waals surface area contributed by atoms with E-state index in [4.69, 9.17) is 9.84 Å². The van der Waals surface area contributed by atoms with E-state index in [2.05, 4.69) is 20.3 Å². The number of aliphatic hydroxyl groups excluding tert-OH is 1. The zero-order chi connectivity index (χ0) is 17.4. The number of hydrogen-bond acceptors (Lipinski definition) is 6. The van der Waals surface area contributed by atoms with Gasteiger partial charge in [-0.2, -0.15) is 0 Å². The van der Waals surface area contributed by atoms with Gasteiger partial charge in [0.25, 0.3) is 0 Å². The Morgan fingerprint density at radius 3 is 2.62 bits per heavy atom. The Labute approximate surface area is 138 Å². The molecular weight excluding hydrogens is 314 g/mol. The molecule has 2 rings (SSSR count). The molecule has 3 N–H and O–H groups in total. The molecule has 8 heteroatoms. The first-order valence-corrected chi connectivity index (χ1v) is 7.38. The summed E-state index contributed by atoms with van der Waals surface area (Å²) in [4.78, 5) is 23.6. The summed E-state index contributed by atoms with van der Waals surface area (Å²) in [6.07, 6.45) is 0.811. The molecule has 0 radical (unpaired) electrons. The van der Waals surface area contributed by atoms with Gasteiger partial charge in [0, 0.05) is 12.6 Å². The number of aromatic nitrogens is 1. The van der Waals surface area contributed by atoms with Crippen LogP contribution in [-0.4, -0.2) is 41.8 Å². The minimum absolute atomic E-state index is 0.0914. The number of anilines is 1. The molecule has 8 nitrogen and oxygen atoms in total. The second-order valence-corrected chi connectivity index (χ2v) is 5.04. The van der Waals surface area contributed by atoms with Crippen LogP contribution in [0.5, 0.6) is 0 Å². The normalized spacial score (nSPS) is 11.8. The number of rotatable bonds is 7. The van der Waals surface area contributed by atoms with Crippen LogP contribution in [0.25, 0.3) is 0 Å². The van der Waals surface area contributed by atoms with Crippen LogP contribution < -0.4 is 10.6 Å². The molecule has 0 saturated carbocycles. The largest absolute Gasteiger partial charge is 0.394 e. The quantitative estimate of drug-likeness (QED) is 0.646. The Morgan fingerprint density at radius 2 is 2.00 bits per heavy atom. The number of ether oxygens (including phenoxy) is 1. The molecule has 0 bridgehead atoms. The molecule has 1 aromatic heterocycles. The van der Waals surface area contributed by atoms with E-state index in [0.29, 0.717) is 0 Å². The summed E-state index contributed by atoms with van der Waals surface area (Å²) in [5.74, 6) is -1.52. The summed E-state index contributed by atoms with van der Waals surface area (Å²) in [5.41, 5.74) is 1.93. The number of aliphatic hydroxyl groups is 1. The molecule has 2 amide bonds. The highest BCUT2D eigenvalue weighted by molar-refractivity contribution is 6.39. The van der Waals surface area contributed by atoms with Crippen molar-refractivity contribution >= 4 is 17.6 Å². The summed E-state index contributed by atoms with van der Waals surface area (Å²) in [6, 6.07) is 9.01. The zero-order valence-electron chi connectivity index (χ0n) is 13.2. The molecule has 0 aliphatic carbocycles. The van der Waals surface area contributed by atoms with Gasteiger partial charge in [-0.15, -0.1) is 0 Å². The molecule has 0 aliphatic rings. The van der Waals surface area contributed by atoms with Gasteiger partial charge in [-0.25, -0.2) is 0 Å². The van der Waals surface area contributed by atoms with Crippen molar-refractivity contribution in [2.45, 2.75) is 13.0 Å². The van der Waals surface area contributed by atoms with E-state index in [9.17, 15) is 9.59 Å². The van der Waals surface area contributed by atoms with Gasteiger partial charge < -0.3 is 19.7 Å². The topological polar surface area (TPSA) is 114 Å². The van der Waals surface area contributed by atoms with Crippen molar-refractivity contribution in [1.29, 1.82) is 0 Å². The Bertz CT molecular complexity index is 655. The van der Waals surface area contributed by atoms with E-state index in [1.807, 2.05) is 31.2 Å². The molecular formula is C16H19N3O5. The molecule has 2 aromatic rings. The number of amides is 2. The predicted molar refractivity (Wildman–Crippen MR) is 85.1 cm³/mol. The van der Waals surface area contributed by atoms with Crippen LogP contribution in [0, 0.1) is 6.92 Å². The summed E-state index contributed by atoms with van der Waals surface area (Å²) in [5, 5.41) is 17.2. The van der Waals surface area contributed by atoms with Crippen molar-refractivity contribution < 1.29 is 24.0 Å². The highest BCUT2D eigenvalue weighted by Gasteiger charge is 2.18. The summed E-state index contributed by atoms with van der Waals surface area (Å²) in [7, 11) is 0. The zero-order valence-corrected chi connectivity index (χ0v) is 13.2. The maximum Gasteiger partial charge on any atom is 0.314 e. The third kappa shape index (κ3) is 5.18. The molecule has 0 saturated heterocycles. The monoisotopic (exact) mass is 333 g/mol. The fourth-order valence-electron chi connectivity index (χ4n) is 1.96.